The lowest BCUT2D eigenvalue weighted by Crippen LogP contribution is -2.13. The van der Waals surface area contributed by atoms with Crippen molar-refractivity contribution in [2.24, 2.45) is 0 Å². The predicted octanol–water partition coefficient (Wildman–Crippen LogP) is 2.70. The predicted molar refractivity (Wildman–Crippen MR) is 85.2 cm³/mol. The number of pyridine rings is 2. The number of anilines is 1. The molecule has 0 bridgehead atoms. The highest BCUT2D eigenvalue weighted by Gasteiger charge is 2.12. The quantitative estimate of drug-likeness (QED) is 0.778. The molecule has 3 aromatic rings. The Morgan fingerprint density at radius 3 is 2.81 bits per heavy atom. The molecule has 0 aliphatic carbocycles. The van der Waals surface area contributed by atoms with E-state index >= 15 is 0 Å². The van der Waals surface area contributed by atoms with Crippen molar-refractivity contribution < 1.29 is 0 Å². The van der Waals surface area contributed by atoms with E-state index in [1.807, 2.05) is 24.4 Å². The van der Waals surface area contributed by atoms with Crippen molar-refractivity contribution in [3.63, 3.8) is 0 Å². The maximum absolute atomic E-state index is 12.1. The molecule has 0 aliphatic heterocycles. The number of rotatable bonds is 3. The Kier molecular flexibility index (Phi) is 3.53. The van der Waals surface area contributed by atoms with Gasteiger partial charge in [0, 0.05) is 29.0 Å². The first-order valence-electron chi connectivity index (χ1n) is 6.57. The molecule has 3 aromatic heterocycles. The maximum atomic E-state index is 12.1. The van der Waals surface area contributed by atoms with E-state index in [1.165, 1.54) is 11.3 Å². The van der Waals surface area contributed by atoms with Crippen LogP contribution in [0.4, 0.5) is 5.69 Å². The van der Waals surface area contributed by atoms with Crippen molar-refractivity contribution in [3.8, 4) is 21.8 Å². The highest BCUT2D eigenvalue weighted by atomic mass is 32.1. The molecule has 0 amide bonds. The van der Waals surface area contributed by atoms with Gasteiger partial charge in [0.05, 0.1) is 16.9 Å². The molecule has 6 heteroatoms. The fraction of sp³-hybridized carbons (Fsp3) is 0.133. The Labute approximate surface area is 125 Å². The summed E-state index contributed by atoms with van der Waals surface area (Å²) in [6.07, 6.45) is 4.13. The van der Waals surface area contributed by atoms with E-state index in [0.717, 1.165) is 16.3 Å². The summed E-state index contributed by atoms with van der Waals surface area (Å²) in [5.74, 6) is 0. The van der Waals surface area contributed by atoms with E-state index in [-0.39, 0.29) is 5.56 Å². The van der Waals surface area contributed by atoms with Crippen LogP contribution in [-0.4, -0.2) is 15.0 Å². The van der Waals surface area contributed by atoms with Crippen molar-refractivity contribution in [1.82, 2.24) is 15.0 Å². The van der Waals surface area contributed by atoms with Crippen LogP contribution in [0.5, 0.6) is 0 Å². The van der Waals surface area contributed by atoms with Crippen LogP contribution >= 0.6 is 11.3 Å². The average molecular weight is 298 g/mol. The lowest BCUT2D eigenvalue weighted by atomic mass is 10.1. The summed E-state index contributed by atoms with van der Waals surface area (Å²) in [7, 11) is 0. The minimum atomic E-state index is -0.160. The Morgan fingerprint density at radius 2 is 2.10 bits per heavy atom. The molecule has 0 aromatic carbocycles. The maximum Gasteiger partial charge on any atom is 0.257 e. The number of thiazole rings is 1. The van der Waals surface area contributed by atoms with E-state index in [4.69, 9.17) is 5.73 Å². The molecule has 0 saturated heterocycles. The molecular weight excluding hydrogens is 284 g/mol. The number of aromatic nitrogens is 3. The van der Waals surface area contributed by atoms with Gasteiger partial charge in [0.2, 0.25) is 0 Å². The van der Waals surface area contributed by atoms with Crippen molar-refractivity contribution in [2.45, 2.75) is 13.3 Å². The summed E-state index contributed by atoms with van der Waals surface area (Å²) >= 11 is 1.49. The zero-order valence-electron chi connectivity index (χ0n) is 11.5. The van der Waals surface area contributed by atoms with Gasteiger partial charge >= 0.3 is 0 Å². The molecule has 0 spiro atoms. The third-order valence-corrected chi connectivity index (χ3v) is 4.11. The molecular formula is C15H14N4OS. The minimum absolute atomic E-state index is 0.160. The number of aromatic amines is 1. The number of nitrogens with one attached hydrogen (secondary N) is 1. The third kappa shape index (κ3) is 2.57. The van der Waals surface area contributed by atoms with Gasteiger partial charge in [-0.2, -0.15) is 0 Å². The molecule has 0 radical (unpaired) electrons. The minimum Gasteiger partial charge on any atom is -0.397 e. The largest absolute Gasteiger partial charge is 0.397 e. The van der Waals surface area contributed by atoms with Gasteiger partial charge in [-0.05, 0) is 24.6 Å². The first kappa shape index (κ1) is 13.5. The van der Waals surface area contributed by atoms with Crippen LogP contribution in [0.15, 0.2) is 40.8 Å². The fourth-order valence-electron chi connectivity index (χ4n) is 2.09. The zero-order chi connectivity index (χ0) is 14.8. The van der Waals surface area contributed by atoms with Gasteiger partial charge in [-0.15, -0.1) is 11.3 Å². The summed E-state index contributed by atoms with van der Waals surface area (Å²) in [6, 6.07) is 5.48. The van der Waals surface area contributed by atoms with Crippen molar-refractivity contribution in [3.05, 3.63) is 52.0 Å². The fourth-order valence-corrected chi connectivity index (χ4v) is 2.92. The van der Waals surface area contributed by atoms with E-state index < -0.39 is 0 Å². The van der Waals surface area contributed by atoms with Gasteiger partial charge in [-0.1, -0.05) is 6.92 Å². The van der Waals surface area contributed by atoms with Gasteiger partial charge < -0.3 is 10.7 Å². The summed E-state index contributed by atoms with van der Waals surface area (Å²) in [4.78, 5) is 23.5. The average Bonchev–Trinajstić information content (AvgIpc) is 2.99. The van der Waals surface area contributed by atoms with Crippen LogP contribution < -0.4 is 11.3 Å². The van der Waals surface area contributed by atoms with Crippen molar-refractivity contribution >= 4 is 17.0 Å². The molecule has 0 saturated carbocycles. The van der Waals surface area contributed by atoms with E-state index in [1.54, 1.807) is 18.5 Å². The lowest BCUT2D eigenvalue weighted by molar-refractivity contribution is 1.02. The lowest BCUT2D eigenvalue weighted by Gasteiger charge is -2.04. The molecule has 0 atom stereocenters. The number of aryl methyl sites for hydroxylation is 1. The van der Waals surface area contributed by atoms with Crippen molar-refractivity contribution in [1.29, 1.82) is 0 Å². The smallest absolute Gasteiger partial charge is 0.257 e. The highest BCUT2D eigenvalue weighted by Crippen LogP contribution is 2.27. The van der Waals surface area contributed by atoms with Gasteiger partial charge in [-0.3, -0.25) is 9.78 Å². The first-order valence-corrected chi connectivity index (χ1v) is 7.45. The number of nitrogens with two attached hydrogens (primary N) is 1. The Bertz CT molecular complexity index is 823. The third-order valence-electron chi connectivity index (χ3n) is 3.22. The molecule has 0 unspecified atom stereocenters. The van der Waals surface area contributed by atoms with Crippen LogP contribution in [0.3, 0.4) is 0 Å². The van der Waals surface area contributed by atoms with Gasteiger partial charge in [0.25, 0.3) is 5.56 Å². The monoisotopic (exact) mass is 298 g/mol. The molecule has 3 heterocycles. The zero-order valence-corrected chi connectivity index (χ0v) is 12.3. The van der Waals surface area contributed by atoms with Crippen LogP contribution in [0, 0.1) is 0 Å². The second-order valence-corrected chi connectivity index (χ2v) is 5.43. The number of nitrogens with zero attached hydrogens (tertiary/aromatic N) is 2. The Hall–Kier alpha value is -2.47. The second kappa shape index (κ2) is 5.49. The van der Waals surface area contributed by atoms with E-state index in [9.17, 15) is 4.79 Å². The number of nitrogen functional groups attached to an aromatic ring is 1. The van der Waals surface area contributed by atoms with Crippen LogP contribution in [0.1, 0.15) is 12.6 Å². The van der Waals surface area contributed by atoms with Crippen LogP contribution in [-0.2, 0) is 6.42 Å². The second-order valence-electron chi connectivity index (χ2n) is 4.57. The topological polar surface area (TPSA) is 84.7 Å². The molecule has 106 valence electrons. The summed E-state index contributed by atoms with van der Waals surface area (Å²) in [6.45, 7) is 1.95. The molecule has 3 rings (SSSR count). The first-order chi connectivity index (χ1) is 10.2. The van der Waals surface area contributed by atoms with E-state index in [0.29, 0.717) is 23.4 Å². The Morgan fingerprint density at radius 1 is 1.33 bits per heavy atom. The molecule has 0 aliphatic rings. The SMILES string of the molecule is CCc1[nH]c(=O)c(-c2csc(-c3ccncc3)n2)cc1N. The standard InChI is InChI=1S/C15H14N4OS/c1-2-12-11(16)7-10(14(20)18-12)13-8-21-15(19-13)9-3-5-17-6-4-9/h3-8H,2,16H2,1H3,(H,18,20). The van der Waals surface area contributed by atoms with Gasteiger partial charge in [-0.25, -0.2) is 4.98 Å². The number of hydrogen-bond acceptors (Lipinski definition) is 5. The normalized spacial score (nSPS) is 10.7. The Balaban J connectivity index is 2.05. The number of H-pyrrole nitrogens is 1. The van der Waals surface area contributed by atoms with E-state index in [2.05, 4.69) is 15.0 Å². The summed E-state index contributed by atoms with van der Waals surface area (Å²) in [5, 5.41) is 2.72. The van der Waals surface area contributed by atoms with Crippen molar-refractivity contribution in [2.75, 3.05) is 5.73 Å². The molecule has 21 heavy (non-hydrogen) atoms. The summed E-state index contributed by atoms with van der Waals surface area (Å²) < 4.78 is 0. The molecule has 3 N–H and O–H groups in total. The molecule has 5 nitrogen and oxygen atoms in total. The highest BCUT2D eigenvalue weighted by molar-refractivity contribution is 7.13. The van der Waals surface area contributed by atoms with Gasteiger partial charge in [0.1, 0.15) is 5.01 Å². The number of hydrogen-bond donors (Lipinski definition) is 2. The summed E-state index contributed by atoms with van der Waals surface area (Å²) in [5.41, 5.74) is 9.26. The van der Waals surface area contributed by atoms with Crippen LogP contribution in [0.25, 0.3) is 21.8 Å². The molecule has 0 fully saturated rings. The van der Waals surface area contributed by atoms with Crippen LogP contribution in [0.2, 0.25) is 0 Å². The van der Waals surface area contributed by atoms with Gasteiger partial charge in [0.15, 0.2) is 0 Å².